The van der Waals surface area contributed by atoms with Gasteiger partial charge in [-0.2, -0.15) is 5.26 Å². The van der Waals surface area contributed by atoms with Gasteiger partial charge in [0.2, 0.25) is 10.0 Å². The Bertz CT molecular complexity index is 534. The molecule has 2 atom stereocenters. The van der Waals surface area contributed by atoms with Crippen molar-refractivity contribution in [1.82, 2.24) is 4.31 Å². The molecule has 5 heteroatoms. The van der Waals surface area contributed by atoms with Gasteiger partial charge in [-0.1, -0.05) is 37.3 Å². The van der Waals surface area contributed by atoms with Gasteiger partial charge >= 0.3 is 0 Å². The van der Waals surface area contributed by atoms with Crippen LogP contribution in [0.25, 0.3) is 0 Å². The molecular formula is C14H20N2O2S. The summed E-state index contributed by atoms with van der Waals surface area (Å²) in [5, 5.41) is 8.64. The predicted molar refractivity (Wildman–Crippen MR) is 76.1 cm³/mol. The molecule has 0 amide bonds. The molecule has 1 aromatic rings. The molecule has 0 saturated heterocycles. The molecule has 2 unspecified atom stereocenters. The minimum absolute atomic E-state index is 0.0588. The normalized spacial score (nSPS) is 14.9. The van der Waals surface area contributed by atoms with E-state index in [1.165, 1.54) is 11.4 Å². The molecule has 0 aliphatic heterocycles. The smallest absolute Gasteiger partial charge is 0.212 e. The van der Waals surface area contributed by atoms with E-state index in [2.05, 4.69) is 0 Å². The molecule has 0 N–H and O–H groups in total. The number of hydrogen-bond acceptors (Lipinski definition) is 3. The zero-order valence-corrected chi connectivity index (χ0v) is 12.4. The van der Waals surface area contributed by atoms with Gasteiger partial charge < -0.3 is 0 Å². The summed E-state index contributed by atoms with van der Waals surface area (Å²) in [6.45, 7) is 3.64. The summed E-state index contributed by atoms with van der Waals surface area (Å²) < 4.78 is 25.8. The highest BCUT2D eigenvalue weighted by atomic mass is 32.2. The molecule has 1 aromatic carbocycles. The SMILES string of the molecule is CC(CS(=O)(=O)N(C)C(C)CC#N)c1ccccc1. The average Bonchev–Trinajstić information content (AvgIpc) is 2.38. The number of rotatable bonds is 6. The van der Waals surface area contributed by atoms with Gasteiger partial charge in [0.1, 0.15) is 0 Å². The molecule has 0 saturated carbocycles. The van der Waals surface area contributed by atoms with E-state index < -0.39 is 10.0 Å². The van der Waals surface area contributed by atoms with Crippen LogP contribution in [-0.4, -0.2) is 31.6 Å². The topological polar surface area (TPSA) is 61.2 Å². The van der Waals surface area contributed by atoms with Crippen molar-refractivity contribution in [3.63, 3.8) is 0 Å². The summed E-state index contributed by atoms with van der Waals surface area (Å²) >= 11 is 0. The molecule has 4 nitrogen and oxygen atoms in total. The van der Waals surface area contributed by atoms with E-state index in [1.807, 2.05) is 43.3 Å². The lowest BCUT2D eigenvalue weighted by Crippen LogP contribution is -2.37. The molecule has 0 fully saturated rings. The molecule has 0 heterocycles. The van der Waals surface area contributed by atoms with E-state index in [0.29, 0.717) is 0 Å². The molecule has 0 aliphatic carbocycles. The molecule has 19 heavy (non-hydrogen) atoms. The number of sulfonamides is 1. The van der Waals surface area contributed by atoms with E-state index in [0.717, 1.165) is 5.56 Å². The van der Waals surface area contributed by atoms with E-state index >= 15 is 0 Å². The fraction of sp³-hybridized carbons (Fsp3) is 0.500. The van der Waals surface area contributed by atoms with Gasteiger partial charge in [0.25, 0.3) is 0 Å². The highest BCUT2D eigenvalue weighted by molar-refractivity contribution is 7.89. The summed E-state index contributed by atoms with van der Waals surface area (Å²) in [5.74, 6) is -0.00791. The number of hydrogen-bond donors (Lipinski definition) is 0. The first-order valence-electron chi connectivity index (χ1n) is 6.26. The van der Waals surface area contributed by atoms with Crippen LogP contribution in [-0.2, 0) is 10.0 Å². The largest absolute Gasteiger partial charge is 0.214 e. The third-order valence-corrected chi connectivity index (χ3v) is 5.43. The van der Waals surface area contributed by atoms with Crippen LogP contribution in [0.4, 0.5) is 0 Å². The summed E-state index contributed by atoms with van der Waals surface area (Å²) in [4.78, 5) is 0. The summed E-state index contributed by atoms with van der Waals surface area (Å²) in [6.07, 6.45) is 0.204. The molecule has 0 aliphatic rings. The van der Waals surface area contributed by atoms with Crippen LogP contribution in [0.1, 0.15) is 31.7 Å². The number of nitriles is 1. The van der Waals surface area contributed by atoms with E-state index in [-0.39, 0.29) is 24.1 Å². The van der Waals surface area contributed by atoms with Crippen LogP contribution < -0.4 is 0 Å². The van der Waals surface area contributed by atoms with Crippen LogP contribution in [0.2, 0.25) is 0 Å². The van der Waals surface area contributed by atoms with Crippen molar-refractivity contribution in [1.29, 1.82) is 5.26 Å². The maximum absolute atomic E-state index is 12.2. The molecule has 0 aromatic heterocycles. The Balaban J connectivity index is 2.78. The lowest BCUT2D eigenvalue weighted by Gasteiger charge is -2.24. The first-order valence-corrected chi connectivity index (χ1v) is 7.87. The minimum atomic E-state index is -3.35. The molecule has 0 radical (unpaired) electrons. The molecular weight excluding hydrogens is 260 g/mol. The quantitative estimate of drug-likeness (QED) is 0.803. The Labute approximate surface area is 115 Å². The summed E-state index contributed by atoms with van der Waals surface area (Å²) in [7, 11) is -1.81. The van der Waals surface area contributed by atoms with Crippen molar-refractivity contribution in [3.05, 3.63) is 35.9 Å². The van der Waals surface area contributed by atoms with Crippen molar-refractivity contribution >= 4 is 10.0 Å². The number of nitrogens with zero attached hydrogens (tertiary/aromatic N) is 2. The second-order valence-electron chi connectivity index (χ2n) is 4.82. The monoisotopic (exact) mass is 280 g/mol. The van der Waals surface area contributed by atoms with E-state index in [1.54, 1.807) is 6.92 Å². The van der Waals surface area contributed by atoms with E-state index in [4.69, 9.17) is 5.26 Å². The van der Waals surface area contributed by atoms with Crippen molar-refractivity contribution in [3.8, 4) is 6.07 Å². The second kappa shape index (κ2) is 6.69. The summed E-state index contributed by atoms with van der Waals surface area (Å²) in [5.41, 5.74) is 1.01. The lowest BCUT2D eigenvalue weighted by atomic mass is 10.0. The van der Waals surface area contributed by atoms with Gasteiger partial charge in [-0.25, -0.2) is 12.7 Å². The Morgan fingerprint density at radius 2 is 1.84 bits per heavy atom. The van der Waals surface area contributed by atoms with Gasteiger partial charge in [-0.15, -0.1) is 0 Å². The zero-order chi connectivity index (χ0) is 14.5. The van der Waals surface area contributed by atoms with Crippen LogP contribution in [0, 0.1) is 11.3 Å². The van der Waals surface area contributed by atoms with Crippen LogP contribution >= 0.6 is 0 Å². The van der Waals surface area contributed by atoms with Crippen LogP contribution in [0.15, 0.2) is 30.3 Å². The standard InChI is InChI=1S/C14H20N2O2S/c1-12(14-7-5-4-6-8-14)11-19(17,18)16(3)13(2)9-10-15/h4-8,12-13H,9,11H2,1-3H3. The highest BCUT2D eigenvalue weighted by Crippen LogP contribution is 2.19. The average molecular weight is 280 g/mol. The summed E-state index contributed by atoms with van der Waals surface area (Å²) in [6, 6.07) is 11.3. The highest BCUT2D eigenvalue weighted by Gasteiger charge is 2.25. The van der Waals surface area contributed by atoms with Crippen molar-refractivity contribution in [2.45, 2.75) is 32.2 Å². The van der Waals surface area contributed by atoms with Gasteiger partial charge in [0.15, 0.2) is 0 Å². The third kappa shape index (κ3) is 4.34. The fourth-order valence-electron chi connectivity index (χ4n) is 1.85. The van der Waals surface area contributed by atoms with Gasteiger partial charge in [0.05, 0.1) is 18.2 Å². The predicted octanol–water partition coefficient (Wildman–Crippen LogP) is 2.35. The van der Waals surface area contributed by atoms with Crippen molar-refractivity contribution in [2.24, 2.45) is 0 Å². The number of benzene rings is 1. The van der Waals surface area contributed by atoms with Crippen LogP contribution in [0.5, 0.6) is 0 Å². The first-order chi connectivity index (χ1) is 8.88. The van der Waals surface area contributed by atoms with Crippen molar-refractivity contribution in [2.75, 3.05) is 12.8 Å². The Morgan fingerprint density at radius 3 is 2.37 bits per heavy atom. The zero-order valence-electron chi connectivity index (χ0n) is 11.6. The maximum Gasteiger partial charge on any atom is 0.214 e. The lowest BCUT2D eigenvalue weighted by molar-refractivity contribution is 0.391. The Hall–Kier alpha value is -1.38. The van der Waals surface area contributed by atoms with Gasteiger partial charge in [-0.05, 0) is 18.4 Å². The first kappa shape index (κ1) is 15.7. The maximum atomic E-state index is 12.2. The van der Waals surface area contributed by atoms with E-state index in [9.17, 15) is 8.42 Å². The molecule has 104 valence electrons. The molecule has 0 bridgehead atoms. The van der Waals surface area contributed by atoms with Crippen LogP contribution in [0.3, 0.4) is 0 Å². The molecule has 1 rings (SSSR count). The van der Waals surface area contributed by atoms with Gasteiger partial charge in [0, 0.05) is 13.1 Å². The molecule has 0 spiro atoms. The van der Waals surface area contributed by atoms with Gasteiger partial charge in [-0.3, -0.25) is 0 Å². The van der Waals surface area contributed by atoms with Crippen molar-refractivity contribution < 1.29 is 8.42 Å². The minimum Gasteiger partial charge on any atom is -0.212 e. The fourth-order valence-corrected chi connectivity index (χ4v) is 3.53. The third-order valence-electron chi connectivity index (χ3n) is 3.28. The Kier molecular flexibility index (Phi) is 5.52. The Morgan fingerprint density at radius 1 is 1.26 bits per heavy atom. The second-order valence-corrected chi connectivity index (χ2v) is 6.89.